The van der Waals surface area contributed by atoms with Crippen molar-refractivity contribution in [1.29, 1.82) is 0 Å². The van der Waals surface area contributed by atoms with Crippen LogP contribution in [-0.2, 0) is 4.74 Å². The Hall–Kier alpha value is -1.92. The highest BCUT2D eigenvalue weighted by molar-refractivity contribution is 5.29. The second kappa shape index (κ2) is 7.10. The number of aryl methyl sites for hydroxylation is 1. The van der Waals surface area contributed by atoms with Gasteiger partial charge in [-0.2, -0.15) is 4.98 Å². The molecule has 3 rings (SSSR count). The molecule has 1 fully saturated rings. The van der Waals surface area contributed by atoms with Gasteiger partial charge in [0, 0.05) is 13.1 Å². The largest absolute Gasteiger partial charge is 0.497 e. The van der Waals surface area contributed by atoms with Crippen molar-refractivity contribution in [2.45, 2.75) is 25.8 Å². The Morgan fingerprint density at radius 2 is 2.13 bits per heavy atom. The van der Waals surface area contributed by atoms with Gasteiger partial charge in [-0.3, -0.25) is 4.90 Å². The van der Waals surface area contributed by atoms with E-state index in [-0.39, 0.29) is 6.04 Å². The molecule has 0 bridgehead atoms. The lowest BCUT2D eigenvalue weighted by Crippen LogP contribution is -2.41. The number of benzene rings is 1. The monoisotopic (exact) mass is 317 g/mol. The minimum Gasteiger partial charge on any atom is -0.497 e. The van der Waals surface area contributed by atoms with E-state index in [2.05, 4.69) is 34.1 Å². The normalized spacial score (nSPS) is 20.4. The van der Waals surface area contributed by atoms with E-state index in [1.807, 2.05) is 19.1 Å². The van der Waals surface area contributed by atoms with Gasteiger partial charge in [0.2, 0.25) is 5.89 Å². The Morgan fingerprint density at radius 1 is 1.35 bits per heavy atom. The number of ether oxygens (including phenoxy) is 2. The van der Waals surface area contributed by atoms with E-state index in [0.29, 0.717) is 24.2 Å². The van der Waals surface area contributed by atoms with Crippen molar-refractivity contribution in [2.75, 3.05) is 33.4 Å². The van der Waals surface area contributed by atoms with Crippen LogP contribution >= 0.6 is 0 Å². The predicted molar refractivity (Wildman–Crippen MR) is 85.6 cm³/mol. The van der Waals surface area contributed by atoms with Crippen molar-refractivity contribution in [3.05, 3.63) is 41.5 Å². The Kier molecular flexibility index (Phi) is 4.93. The molecule has 0 N–H and O–H groups in total. The van der Waals surface area contributed by atoms with Crippen LogP contribution < -0.4 is 4.74 Å². The summed E-state index contributed by atoms with van der Waals surface area (Å²) in [7, 11) is 1.68. The summed E-state index contributed by atoms with van der Waals surface area (Å²) in [4.78, 5) is 6.74. The van der Waals surface area contributed by atoms with Crippen molar-refractivity contribution < 1.29 is 14.0 Å². The SMILES string of the molecule is COc1ccc([C@H](C)CN2CCOC[C@H]2c2nc(C)no2)cc1. The van der Waals surface area contributed by atoms with Crippen LogP contribution in [0.5, 0.6) is 5.75 Å². The molecule has 0 aliphatic carbocycles. The summed E-state index contributed by atoms with van der Waals surface area (Å²) in [6.07, 6.45) is 0. The summed E-state index contributed by atoms with van der Waals surface area (Å²) in [5, 5.41) is 3.90. The Labute approximate surface area is 136 Å². The quantitative estimate of drug-likeness (QED) is 0.844. The number of methoxy groups -OCH3 is 1. The fraction of sp³-hybridized carbons (Fsp3) is 0.529. The molecule has 2 heterocycles. The van der Waals surface area contributed by atoms with Crippen LogP contribution in [0.25, 0.3) is 0 Å². The van der Waals surface area contributed by atoms with Crippen LogP contribution in [0.1, 0.15) is 36.2 Å². The first-order chi connectivity index (χ1) is 11.2. The second-order valence-electron chi connectivity index (χ2n) is 5.94. The number of rotatable bonds is 5. The molecule has 1 aliphatic rings. The standard InChI is InChI=1S/C17H23N3O3/c1-12(14-4-6-15(21-3)7-5-14)10-20-8-9-22-11-16(20)17-18-13(2)19-23-17/h4-7,12,16H,8-11H2,1-3H3/t12-,16+/m1/s1. The molecule has 2 atom stereocenters. The summed E-state index contributed by atoms with van der Waals surface area (Å²) >= 11 is 0. The van der Waals surface area contributed by atoms with Crippen molar-refractivity contribution in [1.82, 2.24) is 15.0 Å². The molecule has 0 spiro atoms. The zero-order valence-corrected chi connectivity index (χ0v) is 13.9. The summed E-state index contributed by atoms with van der Waals surface area (Å²) < 4.78 is 16.2. The van der Waals surface area contributed by atoms with Gasteiger partial charge in [-0.15, -0.1) is 0 Å². The molecule has 1 aromatic carbocycles. The van der Waals surface area contributed by atoms with E-state index in [0.717, 1.165) is 25.4 Å². The smallest absolute Gasteiger partial charge is 0.246 e. The fourth-order valence-corrected chi connectivity index (χ4v) is 2.92. The summed E-state index contributed by atoms with van der Waals surface area (Å²) in [6.45, 7) is 7.18. The average molecular weight is 317 g/mol. The van der Waals surface area contributed by atoms with Crippen LogP contribution in [0.3, 0.4) is 0 Å². The first-order valence-electron chi connectivity index (χ1n) is 7.93. The van der Waals surface area contributed by atoms with E-state index >= 15 is 0 Å². The van der Waals surface area contributed by atoms with Gasteiger partial charge < -0.3 is 14.0 Å². The highest BCUT2D eigenvalue weighted by Gasteiger charge is 2.30. The molecule has 6 nitrogen and oxygen atoms in total. The highest BCUT2D eigenvalue weighted by atomic mass is 16.5. The summed E-state index contributed by atoms with van der Waals surface area (Å²) in [5.41, 5.74) is 1.29. The Bertz CT molecular complexity index is 626. The molecule has 124 valence electrons. The van der Waals surface area contributed by atoms with Crippen molar-refractivity contribution in [3.63, 3.8) is 0 Å². The van der Waals surface area contributed by atoms with E-state index in [4.69, 9.17) is 14.0 Å². The maximum Gasteiger partial charge on any atom is 0.246 e. The molecule has 2 aromatic rings. The highest BCUT2D eigenvalue weighted by Crippen LogP contribution is 2.27. The van der Waals surface area contributed by atoms with E-state index in [1.165, 1.54) is 5.56 Å². The molecular formula is C17H23N3O3. The van der Waals surface area contributed by atoms with E-state index in [1.54, 1.807) is 7.11 Å². The minimum atomic E-state index is 0.0330. The van der Waals surface area contributed by atoms with Crippen LogP contribution in [-0.4, -0.2) is 48.5 Å². The molecule has 6 heteroatoms. The van der Waals surface area contributed by atoms with E-state index in [9.17, 15) is 0 Å². The summed E-state index contributed by atoms with van der Waals surface area (Å²) in [5.74, 6) is 2.58. The topological polar surface area (TPSA) is 60.6 Å². The van der Waals surface area contributed by atoms with Gasteiger partial charge in [-0.25, -0.2) is 0 Å². The number of nitrogens with zero attached hydrogens (tertiary/aromatic N) is 3. The van der Waals surface area contributed by atoms with Gasteiger partial charge >= 0.3 is 0 Å². The molecule has 0 radical (unpaired) electrons. The maximum absolute atomic E-state index is 5.61. The number of hydrogen-bond acceptors (Lipinski definition) is 6. The molecule has 0 saturated carbocycles. The van der Waals surface area contributed by atoms with Crippen molar-refractivity contribution >= 4 is 0 Å². The molecule has 1 aromatic heterocycles. The molecule has 0 amide bonds. The van der Waals surface area contributed by atoms with Crippen LogP contribution in [0.2, 0.25) is 0 Å². The van der Waals surface area contributed by atoms with Gasteiger partial charge in [-0.1, -0.05) is 24.2 Å². The van der Waals surface area contributed by atoms with Gasteiger partial charge in [0.05, 0.1) is 20.3 Å². The summed E-state index contributed by atoms with van der Waals surface area (Å²) in [6, 6.07) is 8.28. The van der Waals surface area contributed by atoms with Gasteiger partial charge in [0.1, 0.15) is 11.8 Å². The maximum atomic E-state index is 5.61. The van der Waals surface area contributed by atoms with Crippen molar-refractivity contribution in [3.8, 4) is 5.75 Å². The minimum absolute atomic E-state index is 0.0330. The lowest BCUT2D eigenvalue weighted by Gasteiger charge is -2.35. The predicted octanol–water partition coefficient (Wildman–Crippen LogP) is 2.56. The third-order valence-electron chi connectivity index (χ3n) is 4.26. The van der Waals surface area contributed by atoms with Gasteiger partial charge in [0.25, 0.3) is 0 Å². The van der Waals surface area contributed by atoms with E-state index < -0.39 is 0 Å². The molecular weight excluding hydrogens is 294 g/mol. The van der Waals surface area contributed by atoms with Gasteiger partial charge in [0.15, 0.2) is 5.82 Å². The number of morpholine rings is 1. The fourth-order valence-electron chi connectivity index (χ4n) is 2.92. The van der Waals surface area contributed by atoms with Gasteiger partial charge in [-0.05, 0) is 30.5 Å². The Balaban J connectivity index is 1.70. The van der Waals surface area contributed by atoms with Crippen molar-refractivity contribution in [2.24, 2.45) is 0 Å². The average Bonchev–Trinajstić information content (AvgIpc) is 3.01. The first-order valence-corrected chi connectivity index (χ1v) is 7.93. The first kappa shape index (κ1) is 16.0. The molecule has 1 saturated heterocycles. The lowest BCUT2D eigenvalue weighted by molar-refractivity contribution is -0.0219. The Morgan fingerprint density at radius 3 is 2.78 bits per heavy atom. The lowest BCUT2D eigenvalue weighted by atomic mass is 9.99. The number of aromatic nitrogens is 2. The van der Waals surface area contributed by atoms with Crippen LogP contribution in [0.4, 0.5) is 0 Å². The number of hydrogen-bond donors (Lipinski definition) is 0. The zero-order valence-electron chi connectivity index (χ0n) is 13.9. The molecule has 1 aliphatic heterocycles. The molecule has 23 heavy (non-hydrogen) atoms. The van der Waals surface area contributed by atoms with Crippen LogP contribution in [0.15, 0.2) is 28.8 Å². The third-order valence-corrected chi connectivity index (χ3v) is 4.26. The third kappa shape index (κ3) is 3.71. The van der Waals surface area contributed by atoms with Crippen LogP contribution in [0, 0.1) is 6.92 Å². The second-order valence-corrected chi connectivity index (χ2v) is 5.94. The zero-order chi connectivity index (χ0) is 16.2. The molecule has 0 unspecified atom stereocenters.